The standard InChI is InChI=1S/C31H28FN9O3S/c1-45(43,44)36-13-17-8-19(10-21(32)9-17)23-6-7-34-29-27(23)38-30(39-29)28-24-12-25(35-16-26(24)40-41-28)20-11-22(15-33-14-20)37-31(42)18-4-2-3-5-18/h6-12,14-16,18,36H,2-5,13H2,1H3,(H,37,42)(H,40,41)(H,34,38,39). The van der Waals surface area contributed by atoms with Gasteiger partial charge in [-0.15, -0.1) is 0 Å². The van der Waals surface area contributed by atoms with Crippen LogP contribution in [0.15, 0.2) is 61.2 Å². The Morgan fingerprint density at radius 3 is 2.71 bits per heavy atom. The third-order valence-electron chi connectivity index (χ3n) is 7.89. The lowest BCUT2D eigenvalue weighted by Gasteiger charge is -2.11. The van der Waals surface area contributed by atoms with Gasteiger partial charge in [-0.05, 0) is 60.4 Å². The monoisotopic (exact) mass is 625 g/mol. The number of aromatic nitrogens is 7. The van der Waals surface area contributed by atoms with Crippen molar-refractivity contribution in [3.8, 4) is 33.9 Å². The summed E-state index contributed by atoms with van der Waals surface area (Å²) in [5, 5.41) is 11.2. The fourth-order valence-electron chi connectivity index (χ4n) is 5.71. The van der Waals surface area contributed by atoms with Gasteiger partial charge in [-0.3, -0.25) is 19.9 Å². The number of aromatic amines is 2. The first-order valence-corrected chi connectivity index (χ1v) is 16.3. The molecule has 1 aliphatic rings. The number of hydrogen-bond acceptors (Lipinski definition) is 8. The maximum atomic E-state index is 14.6. The van der Waals surface area contributed by atoms with Gasteiger partial charge in [-0.1, -0.05) is 12.8 Å². The molecule has 0 unspecified atom stereocenters. The van der Waals surface area contributed by atoms with Crippen LogP contribution in [0.3, 0.4) is 0 Å². The van der Waals surface area contributed by atoms with Gasteiger partial charge in [0, 0.05) is 41.4 Å². The quantitative estimate of drug-likeness (QED) is 0.184. The van der Waals surface area contributed by atoms with Crippen LogP contribution < -0.4 is 10.0 Å². The second-order valence-corrected chi connectivity index (χ2v) is 13.0. The average Bonchev–Trinajstić information content (AvgIpc) is 3.79. The number of carbonyl (C=O) groups is 1. The van der Waals surface area contributed by atoms with E-state index < -0.39 is 15.8 Å². The number of halogens is 1. The van der Waals surface area contributed by atoms with Gasteiger partial charge in [-0.25, -0.2) is 27.5 Å². The number of benzene rings is 1. The van der Waals surface area contributed by atoms with Gasteiger partial charge in [-0.2, -0.15) is 5.10 Å². The van der Waals surface area contributed by atoms with E-state index in [0.29, 0.717) is 56.3 Å². The zero-order chi connectivity index (χ0) is 31.1. The number of sulfonamides is 1. The molecule has 5 heterocycles. The smallest absolute Gasteiger partial charge is 0.227 e. The lowest BCUT2D eigenvalue weighted by atomic mass is 10.0. The van der Waals surface area contributed by atoms with Gasteiger partial charge in [0.05, 0.1) is 35.5 Å². The Morgan fingerprint density at radius 1 is 1.04 bits per heavy atom. The second kappa shape index (κ2) is 11.4. The molecule has 6 aromatic rings. The Labute approximate surface area is 257 Å². The first-order valence-electron chi connectivity index (χ1n) is 14.4. The highest BCUT2D eigenvalue weighted by Gasteiger charge is 2.23. The summed E-state index contributed by atoms with van der Waals surface area (Å²) in [6.45, 7) is -0.0510. The molecular formula is C31H28FN9O3S. The molecule has 45 heavy (non-hydrogen) atoms. The Morgan fingerprint density at radius 2 is 1.89 bits per heavy atom. The highest BCUT2D eigenvalue weighted by atomic mass is 32.2. The molecule has 1 saturated carbocycles. The SMILES string of the molecule is CS(=O)(=O)NCc1cc(F)cc(-c2ccnc3[nH]c(-c4n[nH]c5cnc(-c6cncc(NC(=O)C7CCCC7)c6)cc45)nc23)c1. The van der Waals surface area contributed by atoms with E-state index in [9.17, 15) is 17.6 Å². The molecule has 0 aliphatic heterocycles. The van der Waals surface area contributed by atoms with Crippen molar-refractivity contribution in [1.29, 1.82) is 0 Å². The topological polar surface area (TPSA) is 171 Å². The minimum Gasteiger partial charge on any atom is -0.324 e. The lowest BCUT2D eigenvalue weighted by molar-refractivity contribution is -0.119. The van der Waals surface area contributed by atoms with Gasteiger partial charge in [0.15, 0.2) is 11.5 Å². The summed E-state index contributed by atoms with van der Waals surface area (Å²) < 4.78 is 40.1. The van der Waals surface area contributed by atoms with Crippen molar-refractivity contribution in [2.75, 3.05) is 11.6 Å². The Hall–Kier alpha value is -5.08. The molecule has 0 spiro atoms. The van der Waals surface area contributed by atoms with Gasteiger partial charge < -0.3 is 10.3 Å². The molecular weight excluding hydrogens is 597 g/mol. The summed E-state index contributed by atoms with van der Waals surface area (Å²) in [5.74, 6) is -0.00639. The van der Waals surface area contributed by atoms with Crippen LogP contribution >= 0.6 is 0 Å². The van der Waals surface area contributed by atoms with Gasteiger partial charge in [0.1, 0.15) is 17.0 Å². The van der Waals surface area contributed by atoms with Crippen molar-refractivity contribution in [3.05, 3.63) is 72.6 Å². The highest BCUT2D eigenvalue weighted by molar-refractivity contribution is 7.88. The Kier molecular flexibility index (Phi) is 7.30. The largest absolute Gasteiger partial charge is 0.324 e. The van der Waals surface area contributed by atoms with E-state index in [4.69, 9.17) is 4.98 Å². The second-order valence-electron chi connectivity index (χ2n) is 11.2. The number of nitrogens with zero attached hydrogens (tertiary/aromatic N) is 5. The Balaban J connectivity index is 1.22. The van der Waals surface area contributed by atoms with Crippen LogP contribution in [0.4, 0.5) is 10.1 Å². The van der Waals surface area contributed by atoms with E-state index >= 15 is 0 Å². The van der Waals surface area contributed by atoms with E-state index in [-0.39, 0.29) is 18.4 Å². The van der Waals surface area contributed by atoms with Crippen LogP contribution in [0.2, 0.25) is 0 Å². The number of pyridine rings is 3. The van der Waals surface area contributed by atoms with Crippen molar-refractivity contribution in [2.24, 2.45) is 5.92 Å². The summed E-state index contributed by atoms with van der Waals surface area (Å²) in [6.07, 6.45) is 11.6. The number of carbonyl (C=O) groups excluding carboxylic acids is 1. The van der Waals surface area contributed by atoms with Gasteiger partial charge in [0.25, 0.3) is 0 Å². The number of nitrogens with one attached hydrogen (secondary N) is 4. The molecule has 5 aromatic heterocycles. The molecule has 12 nitrogen and oxygen atoms in total. The molecule has 228 valence electrons. The fourth-order valence-corrected chi connectivity index (χ4v) is 6.14. The number of H-pyrrole nitrogens is 2. The van der Waals surface area contributed by atoms with Crippen molar-refractivity contribution < 1.29 is 17.6 Å². The number of fused-ring (bicyclic) bond motifs is 2. The molecule has 1 amide bonds. The molecule has 4 N–H and O–H groups in total. The van der Waals surface area contributed by atoms with Crippen molar-refractivity contribution >= 4 is 43.7 Å². The molecule has 1 fully saturated rings. The molecule has 14 heteroatoms. The normalized spacial score (nSPS) is 14.0. The molecule has 0 bridgehead atoms. The summed E-state index contributed by atoms with van der Waals surface area (Å²) in [5.41, 5.74) is 5.79. The van der Waals surface area contributed by atoms with Gasteiger partial charge >= 0.3 is 0 Å². The zero-order valence-corrected chi connectivity index (χ0v) is 24.9. The predicted octanol–water partition coefficient (Wildman–Crippen LogP) is 4.94. The summed E-state index contributed by atoms with van der Waals surface area (Å²) in [6, 6.07) is 9.82. The fraction of sp³-hybridized carbons (Fsp3) is 0.226. The third kappa shape index (κ3) is 6.01. The molecule has 0 atom stereocenters. The number of rotatable bonds is 8. The maximum Gasteiger partial charge on any atom is 0.227 e. The van der Waals surface area contributed by atoms with Crippen LogP contribution in [-0.4, -0.2) is 55.7 Å². The van der Waals surface area contributed by atoms with E-state index in [1.54, 1.807) is 36.9 Å². The number of anilines is 1. The van der Waals surface area contributed by atoms with E-state index in [2.05, 4.69) is 40.2 Å². The van der Waals surface area contributed by atoms with E-state index in [1.807, 2.05) is 12.1 Å². The molecule has 1 aromatic carbocycles. The van der Waals surface area contributed by atoms with Gasteiger partial charge in [0.2, 0.25) is 15.9 Å². The number of amides is 1. The Bertz CT molecular complexity index is 2190. The number of hydrogen-bond donors (Lipinski definition) is 4. The highest BCUT2D eigenvalue weighted by Crippen LogP contribution is 2.33. The van der Waals surface area contributed by atoms with Crippen LogP contribution in [0.5, 0.6) is 0 Å². The summed E-state index contributed by atoms with van der Waals surface area (Å²) >= 11 is 0. The van der Waals surface area contributed by atoms with Crippen molar-refractivity contribution in [2.45, 2.75) is 32.2 Å². The summed E-state index contributed by atoms with van der Waals surface area (Å²) in [7, 11) is -3.45. The summed E-state index contributed by atoms with van der Waals surface area (Å²) in [4.78, 5) is 34.0. The maximum absolute atomic E-state index is 14.6. The van der Waals surface area contributed by atoms with Crippen LogP contribution in [0.25, 0.3) is 56.0 Å². The molecule has 1 aliphatic carbocycles. The number of imidazole rings is 1. The average molecular weight is 626 g/mol. The minimum absolute atomic E-state index is 0.0184. The van der Waals surface area contributed by atoms with Crippen LogP contribution in [0.1, 0.15) is 31.2 Å². The molecule has 7 rings (SSSR count). The van der Waals surface area contributed by atoms with Crippen molar-refractivity contribution in [1.82, 2.24) is 39.8 Å². The molecule has 0 saturated heterocycles. The van der Waals surface area contributed by atoms with E-state index in [0.717, 1.165) is 42.9 Å². The zero-order valence-electron chi connectivity index (χ0n) is 24.1. The first-order chi connectivity index (χ1) is 21.7. The van der Waals surface area contributed by atoms with Crippen molar-refractivity contribution in [3.63, 3.8) is 0 Å². The van der Waals surface area contributed by atoms with Crippen LogP contribution in [-0.2, 0) is 21.4 Å². The minimum atomic E-state index is -3.45. The third-order valence-corrected chi connectivity index (χ3v) is 8.56. The van der Waals surface area contributed by atoms with E-state index in [1.165, 1.54) is 12.1 Å². The predicted molar refractivity (Wildman–Crippen MR) is 168 cm³/mol. The molecule has 0 radical (unpaired) electrons. The van der Waals surface area contributed by atoms with Crippen LogP contribution in [0, 0.1) is 11.7 Å². The lowest BCUT2D eigenvalue weighted by Crippen LogP contribution is -2.21. The first kappa shape index (κ1) is 28.7.